The van der Waals surface area contributed by atoms with Gasteiger partial charge in [0.05, 0.1) is 24.9 Å². The van der Waals surface area contributed by atoms with Crippen LogP contribution < -0.4 is 14.8 Å². The van der Waals surface area contributed by atoms with Crippen molar-refractivity contribution in [2.45, 2.75) is 6.92 Å². The second-order valence-corrected chi connectivity index (χ2v) is 4.54. The molecule has 1 heterocycles. The van der Waals surface area contributed by atoms with Gasteiger partial charge >= 0.3 is 0 Å². The van der Waals surface area contributed by atoms with E-state index in [-0.39, 0.29) is 11.6 Å². The number of nitrogens with zero attached hydrogens (tertiary/aromatic N) is 2. The molecule has 0 saturated carbocycles. The summed E-state index contributed by atoms with van der Waals surface area (Å²) >= 11 is 6.02. The van der Waals surface area contributed by atoms with Gasteiger partial charge in [-0.3, -0.25) is 4.79 Å². The number of nitrogens with one attached hydrogen (secondary N) is 1. The standard InChI is InChI=1S/C14H14ClN3O3/c1-8-16-5-4-10(17-8)14(19)18-11-7-12(20-2)9(15)6-13(11)21-3/h4-7H,1-3H3,(H,18,19). The Labute approximate surface area is 127 Å². The highest BCUT2D eigenvalue weighted by atomic mass is 35.5. The molecule has 21 heavy (non-hydrogen) atoms. The highest BCUT2D eigenvalue weighted by molar-refractivity contribution is 6.32. The number of carbonyl (C=O) groups is 1. The third kappa shape index (κ3) is 3.41. The Morgan fingerprint density at radius 2 is 1.95 bits per heavy atom. The predicted octanol–water partition coefficient (Wildman–Crippen LogP) is 2.71. The molecule has 1 aromatic carbocycles. The van der Waals surface area contributed by atoms with Gasteiger partial charge in [0, 0.05) is 18.3 Å². The minimum atomic E-state index is -0.372. The van der Waals surface area contributed by atoms with E-state index in [0.717, 1.165) is 0 Å². The van der Waals surface area contributed by atoms with Crippen molar-refractivity contribution in [3.8, 4) is 11.5 Å². The fourth-order valence-corrected chi connectivity index (χ4v) is 1.96. The Kier molecular flexibility index (Phi) is 4.59. The van der Waals surface area contributed by atoms with Crippen molar-refractivity contribution in [3.05, 3.63) is 40.9 Å². The van der Waals surface area contributed by atoms with Crippen LogP contribution in [0.5, 0.6) is 11.5 Å². The minimum absolute atomic E-state index is 0.262. The maximum atomic E-state index is 12.2. The van der Waals surface area contributed by atoms with E-state index in [0.29, 0.717) is 28.0 Å². The summed E-state index contributed by atoms with van der Waals surface area (Å²) in [4.78, 5) is 20.2. The van der Waals surface area contributed by atoms with Crippen LogP contribution in [-0.2, 0) is 0 Å². The van der Waals surface area contributed by atoms with Crippen LogP contribution in [0.4, 0.5) is 5.69 Å². The zero-order valence-corrected chi connectivity index (χ0v) is 12.6. The number of benzene rings is 1. The second kappa shape index (κ2) is 6.41. The first kappa shape index (κ1) is 15.1. The molecule has 6 nitrogen and oxygen atoms in total. The van der Waals surface area contributed by atoms with Gasteiger partial charge in [0.1, 0.15) is 23.0 Å². The molecule has 7 heteroatoms. The van der Waals surface area contributed by atoms with Crippen molar-refractivity contribution in [2.75, 3.05) is 19.5 Å². The van der Waals surface area contributed by atoms with E-state index in [1.807, 2.05) is 0 Å². The number of ether oxygens (including phenoxy) is 2. The van der Waals surface area contributed by atoms with Crippen molar-refractivity contribution in [1.82, 2.24) is 9.97 Å². The van der Waals surface area contributed by atoms with Gasteiger partial charge in [0.15, 0.2) is 0 Å². The molecule has 0 aliphatic rings. The predicted molar refractivity (Wildman–Crippen MR) is 79.3 cm³/mol. The van der Waals surface area contributed by atoms with Crippen LogP contribution in [0.15, 0.2) is 24.4 Å². The normalized spacial score (nSPS) is 10.1. The van der Waals surface area contributed by atoms with Crippen molar-refractivity contribution in [3.63, 3.8) is 0 Å². The monoisotopic (exact) mass is 307 g/mol. The summed E-state index contributed by atoms with van der Waals surface area (Å²) in [5, 5.41) is 3.11. The summed E-state index contributed by atoms with van der Waals surface area (Å²) in [6.07, 6.45) is 1.52. The van der Waals surface area contributed by atoms with Gasteiger partial charge in [-0.1, -0.05) is 11.6 Å². The van der Waals surface area contributed by atoms with E-state index in [4.69, 9.17) is 21.1 Å². The molecule has 110 valence electrons. The maximum absolute atomic E-state index is 12.2. The molecule has 0 atom stereocenters. The van der Waals surface area contributed by atoms with Gasteiger partial charge in [-0.2, -0.15) is 0 Å². The maximum Gasteiger partial charge on any atom is 0.274 e. The lowest BCUT2D eigenvalue weighted by molar-refractivity contribution is 0.102. The van der Waals surface area contributed by atoms with E-state index in [9.17, 15) is 4.79 Å². The minimum Gasteiger partial charge on any atom is -0.495 e. The molecule has 2 rings (SSSR count). The zero-order chi connectivity index (χ0) is 15.4. The zero-order valence-electron chi connectivity index (χ0n) is 11.8. The first-order valence-corrected chi connectivity index (χ1v) is 6.45. The molecule has 0 unspecified atom stereocenters. The number of aryl methyl sites for hydroxylation is 1. The SMILES string of the molecule is COc1cc(NC(=O)c2ccnc(C)n2)c(OC)cc1Cl. The summed E-state index contributed by atoms with van der Waals surface area (Å²) in [7, 11) is 2.98. The molecule has 1 amide bonds. The van der Waals surface area contributed by atoms with Crippen LogP contribution in [0.1, 0.15) is 16.3 Å². The van der Waals surface area contributed by atoms with E-state index in [2.05, 4.69) is 15.3 Å². The lowest BCUT2D eigenvalue weighted by Gasteiger charge is -2.13. The highest BCUT2D eigenvalue weighted by Gasteiger charge is 2.14. The number of aromatic nitrogens is 2. The summed E-state index contributed by atoms with van der Waals surface area (Å²) in [5.74, 6) is 1.01. The van der Waals surface area contributed by atoms with Crippen LogP contribution in [0, 0.1) is 6.92 Å². The number of anilines is 1. The number of methoxy groups -OCH3 is 2. The summed E-state index contributed by atoms with van der Waals surface area (Å²) < 4.78 is 10.3. The molecule has 0 fully saturated rings. The van der Waals surface area contributed by atoms with E-state index in [1.165, 1.54) is 26.5 Å². The summed E-state index contributed by atoms with van der Waals surface area (Å²) in [6.45, 7) is 1.71. The Balaban J connectivity index is 2.32. The highest BCUT2D eigenvalue weighted by Crippen LogP contribution is 2.35. The fraction of sp³-hybridized carbons (Fsp3) is 0.214. The molecule has 1 N–H and O–H groups in total. The fourth-order valence-electron chi connectivity index (χ4n) is 1.73. The molecule has 0 radical (unpaired) electrons. The van der Waals surface area contributed by atoms with Gasteiger partial charge in [-0.15, -0.1) is 0 Å². The van der Waals surface area contributed by atoms with Gasteiger partial charge in [0.2, 0.25) is 0 Å². The molecule has 0 aliphatic heterocycles. The Hall–Kier alpha value is -2.34. The van der Waals surface area contributed by atoms with Crippen molar-refractivity contribution in [2.24, 2.45) is 0 Å². The summed E-state index contributed by atoms with van der Waals surface area (Å²) in [6, 6.07) is 4.69. The third-order valence-corrected chi connectivity index (χ3v) is 3.03. The molecule has 2 aromatic rings. The third-order valence-electron chi connectivity index (χ3n) is 2.73. The lowest BCUT2D eigenvalue weighted by atomic mass is 10.2. The Morgan fingerprint density at radius 3 is 2.57 bits per heavy atom. The Bertz CT molecular complexity index is 677. The van der Waals surface area contributed by atoms with Crippen LogP contribution in [-0.4, -0.2) is 30.1 Å². The molecule has 0 bridgehead atoms. The van der Waals surface area contributed by atoms with E-state index >= 15 is 0 Å². The van der Waals surface area contributed by atoms with Crippen molar-refractivity contribution in [1.29, 1.82) is 0 Å². The number of carbonyl (C=O) groups excluding carboxylic acids is 1. The van der Waals surface area contributed by atoms with Gasteiger partial charge in [-0.25, -0.2) is 9.97 Å². The van der Waals surface area contributed by atoms with Gasteiger partial charge in [0.25, 0.3) is 5.91 Å². The number of rotatable bonds is 4. The first-order chi connectivity index (χ1) is 10.0. The second-order valence-electron chi connectivity index (χ2n) is 4.13. The number of amides is 1. The van der Waals surface area contributed by atoms with E-state index < -0.39 is 0 Å². The Morgan fingerprint density at radius 1 is 1.24 bits per heavy atom. The van der Waals surface area contributed by atoms with Crippen LogP contribution in [0.2, 0.25) is 5.02 Å². The number of halogens is 1. The quantitative estimate of drug-likeness (QED) is 0.940. The lowest BCUT2D eigenvalue weighted by Crippen LogP contribution is -2.15. The average Bonchev–Trinajstić information content (AvgIpc) is 2.48. The smallest absolute Gasteiger partial charge is 0.274 e. The number of hydrogen-bond acceptors (Lipinski definition) is 5. The molecule has 0 spiro atoms. The van der Waals surface area contributed by atoms with Crippen molar-refractivity contribution >= 4 is 23.2 Å². The van der Waals surface area contributed by atoms with E-state index in [1.54, 1.807) is 19.1 Å². The largest absolute Gasteiger partial charge is 0.495 e. The molecule has 1 aromatic heterocycles. The summed E-state index contributed by atoms with van der Waals surface area (Å²) in [5.41, 5.74) is 0.707. The molecular weight excluding hydrogens is 294 g/mol. The first-order valence-electron chi connectivity index (χ1n) is 6.07. The molecular formula is C14H14ClN3O3. The number of hydrogen-bond donors (Lipinski definition) is 1. The molecule has 0 aliphatic carbocycles. The van der Waals surface area contributed by atoms with Crippen LogP contribution in [0.3, 0.4) is 0 Å². The van der Waals surface area contributed by atoms with Gasteiger partial charge < -0.3 is 14.8 Å². The average molecular weight is 308 g/mol. The van der Waals surface area contributed by atoms with Crippen LogP contribution >= 0.6 is 11.6 Å². The van der Waals surface area contributed by atoms with Gasteiger partial charge in [-0.05, 0) is 13.0 Å². The topological polar surface area (TPSA) is 73.3 Å². The van der Waals surface area contributed by atoms with Crippen molar-refractivity contribution < 1.29 is 14.3 Å². The van der Waals surface area contributed by atoms with Crippen LogP contribution in [0.25, 0.3) is 0 Å². The molecule has 0 saturated heterocycles.